The Kier molecular flexibility index (Phi) is 4.54. The first-order chi connectivity index (χ1) is 11.1. The Hall–Kier alpha value is -0.603. The van der Waals surface area contributed by atoms with Crippen molar-refractivity contribution in [2.75, 3.05) is 20.0 Å². The van der Waals surface area contributed by atoms with Crippen LogP contribution < -0.4 is 9.47 Å². The van der Waals surface area contributed by atoms with Gasteiger partial charge in [0.2, 0.25) is 6.79 Å². The molecule has 7 heteroatoms. The molecule has 0 bridgehead atoms. The van der Waals surface area contributed by atoms with Gasteiger partial charge in [0.15, 0.2) is 19.8 Å². The van der Waals surface area contributed by atoms with Crippen LogP contribution in [0.15, 0.2) is 16.6 Å². The molecule has 0 amide bonds. The van der Waals surface area contributed by atoms with Gasteiger partial charge in [-0.1, -0.05) is 36.7 Å². The molecule has 0 saturated carbocycles. The van der Waals surface area contributed by atoms with Gasteiger partial charge in [-0.05, 0) is 30.3 Å². The second kappa shape index (κ2) is 5.98. The maximum absolute atomic E-state index is 9.91. The zero-order valence-corrected chi connectivity index (χ0v) is 17.4. The number of benzene rings is 1. The number of epoxide rings is 1. The first-order valence-corrected chi connectivity index (χ1v) is 11.8. The largest absolute Gasteiger partial charge is 0.454 e. The smallest absolute Gasteiger partial charge is 0.231 e. The Morgan fingerprint density at radius 1 is 1.29 bits per heavy atom. The summed E-state index contributed by atoms with van der Waals surface area (Å²) >= 11 is 3.62. The van der Waals surface area contributed by atoms with E-state index in [4.69, 9.17) is 18.6 Å². The molecule has 0 aliphatic carbocycles. The lowest BCUT2D eigenvalue weighted by Gasteiger charge is -2.41. The Bertz CT molecular complexity index is 637. The molecule has 0 spiro atoms. The molecule has 24 heavy (non-hydrogen) atoms. The zero-order valence-electron chi connectivity index (χ0n) is 14.8. The van der Waals surface area contributed by atoms with Crippen LogP contribution in [0.4, 0.5) is 0 Å². The number of rotatable bonds is 5. The second-order valence-electron chi connectivity index (χ2n) is 8.00. The number of halogens is 1. The molecule has 2 aliphatic heterocycles. The van der Waals surface area contributed by atoms with Gasteiger partial charge in [-0.2, -0.15) is 0 Å². The van der Waals surface area contributed by atoms with Gasteiger partial charge in [0, 0.05) is 10.0 Å². The van der Waals surface area contributed by atoms with Gasteiger partial charge in [0.1, 0.15) is 11.7 Å². The van der Waals surface area contributed by atoms with Crippen LogP contribution in [0.2, 0.25) is 18.1 Å². The van der Waals surface area contributed by atoms with E-state index in [9.17, 15) is 5.11 Å². The number of fused-ring (bicyclic) bond motifs is 1. The Morgan fingerprint density at radius 2 is 1.88 bits per heavy atom. The number of hydrogen-bond donors (Lipinski definition) is 1. The Labute approximate surface area is 152 Å². The average Bonchev–Trinajstić information content (AvgIpc) is 3.15. The summed E-state index contributed by atoms with van der Waals surface area (Å²) in [7, 11) is -2.07. The van der Waals surface area contributed by atoms with E-state index in [0.29, 0.717) is 18.1 Å². The highest BCUT2D eigenvalue weighted by Gasteiger charge is 2.56. The monoisotopic (exact) mass is 416 g/mol. The summed E-state index contributed by atoms with van der Waals surface area (Å²) in [6.07, 6.45) is -0.354. The van der Waals surface area contributed by atoms with Crippen molar-refractivity contribution in [3.8, 4) is 11.5 Å². The minimum Gasteiger partial charge on any atom is -0.454 e. The molecule has 0 aromatic heterocycles. The summed E-state index contributed by atoms with van der Waals surface area (Å²) in [4.78, 5) is 0. The molecule has 1 aromatic rings. The van der Waals surface area contributed by atoms with E-state index < -0.39 is 13.9 Å². The summed E-state index contributed by atoms with van der Waals surface area (Å²) in [5.74, 6) is 1.41. The molecule has 0 unspecified atom stereocenters. The maximum Gasteiger partial charge on any atom is 0.231 e. The van der Waals surface area contributed by atoms with Gasteiger partial charge in [-0.25, -0.2) is 0 Å². The molecule has 2 heterocycles. The third kappa shape index (κ3) is 3.12. The van der Waals surface area contributed by atoms with E-state index in [-0.39, 0.29) is 24.5 Å². The van der Waals surface area contributed by atoms with Crippen LogP contribution in [-0.2, 0) is 9.16 Å². The first kappa shape index (κ1) is 18.2. The van der Waals surface area contributed by atoms with E-state index in [1.54, 1.807) is 0 Å². The highest BCUT2D eigenvalue weighted by molar-refractivity contribution is 9.10. The lowest BCUT2D eigenvalue weighted by Crippen LogP contribution is -2.45. The Morgan fingerprint density at radius 3 is 2.38 bits per heavy atom. The van der Waals surface area contributed by atoms with Gasteiger partial charge >= 0.3 is 0 Å². The third-order valence-electron chi connectivity index (χ3n) is 5.25. The quantitative estimate of drug-likeness (QED) is 0.580. The average molecular weight is 417 g/mol. The van der Waals surface area contributed by atoms with Crippen molar-refractivity contribution in [3.05, 3.63) is 22.2 Å². The predicted molar refractivity (Wildman–Crippen MR) is 97.1 cm³/mol. The minimum atomic E-state index is -2.07. The molecule has 3 rings (SSSR count). The number of hydrogen-bond acceptors (Lipinski definition) is 5. The SMILES string of the molecule is CC(C)(C)[Si](C)(C)O[C@@H](c1cc2c(cc1Br)OCO2)[C@]1(CO)CO1. The molecule has 5 nitrogen and oxygen atoms in total. The number of ether oxygens (including phenoxy) is 3. The van der Waals surface area contributed by atoms with Gasteiger partial charge in [-0.15, -0.1) is 0 Å². The van der Waals surface area contributed by atoms with Crippen molar-refractivity contribution in [2.24, 2.45) is 0 Å². The molecule has 0 radical (unpaired) electrons. The third-order valence-corrected chi connectivity index (χ3v) is 10.4. The maximum atomic E-state index is 9.91. The molecular formula is C17H25BrO5Si. The van der Waals surface area contributed by atoms with Crippen LogP contribution in [0.25, 0.3) is 0 Å². The summed E-state index contributed by atoms with van der Waals surface area (Å²) in [6, 6.07) is 3.83. The summed E-state index contributed by atoms with van der Waals surface area (Å²) < 4.78 is 24.1. The van der Waals surface area contributed by atoms with Crippen LogP contribution in [-0.4, -0.2) is 39.0 Å². The molecule has 2 atom stereocenters. The summed E-state index contributed by atoms with van der Waals surface area (Å²) in [5, 5.41) is 9.97. The van der Waals surface area contributed by atoms with Crippen molar-refractivity contribution in [1.29, 1.82) is 0 Å². The number of aliphatic hydroxyl groups excluding tert-OH is 1. The topological polar surface area (TPSA) is 60.5 Å². The first-order valence-electron chi connectivity index (χ1n) is 8.11. The highest BCUT2D eigenvalue weighted by Crippen LogP contribution is 2.51. The second-order valence-corrected chi connectivity index (χ2v) is 13.6. The highest BCUT2D eigenvalue weighted by atomic mass is 79.9. The summed E-state index contributed by atoms with van der Waals surface area (Å²) in [6.45, 7) is 11.6. The molecular weight excluding hydrogens is 392 g/mol. The van der Waals surface area contributed by atoms with Crippen molar-refractivity contribution >= 4 is 24.2 Å². The molecule has 2 aliphatic rings. The van der Waals surface area contributed by atoms with E-state index in [0.717, 1.165) is 10.0 Å². The van der Waals surface area contributed by atoms with Gasteiger partial charge in [0.05, 0.1) is 13.2 Å². The molecule has 134 valence electrons. The lowest BCUT2D eigenvalue weighted by molar-refractivity contribution is 0.0429. The van der Waals surface area contributed by atoms with Crippen molar-refractivity contribution in [2.45, 2.75) is 50.6 Å². The zero-order chi connectivity index (χ0) is 17.8. The fourth-order valence-electron chi connectivity index (χ4n) is 2.48. The standard InChI is InChI=1S/C17H25BrO5Si/c1-16(2,3)24(4,5)23-15(17(8-19)9-22-17)11-6-13-14(7-12(11)18)21-10-20-13/h6-7,15,19H,8-10H2,1-5H3/t15-,17-/m0/s1. The van der Waals surface area contributed by atoms with Gasteiger partial charge in [0.25, 0.3) is 0 Å². The van der Waals surface area contributed by atoms with Crippen LogP contribution in [0, 0.1) is 0 Å². The normalized spacial score (nSPS) is 24.1. The van der Waals surface area contributed by atoms with Crippen LogP contribution in [0.1, 0.15) is 32.4 Å². The fraction of sp³-hybridized carbons (Fsp3) is 0.647. The van der Waals surface area contributed by atoms with Crippen LogP contribution in [0.3, 0.4) is 0 Å². The van der Waals surface area contributed by atoms with Crippen molar-refractivity contribution in [3.63, 3.8) is 0 Å². The van der Waals surface area contributed by atoms with Crippen LogP contribution >= 0.6 is 15.9 Å². The molecule has 1 N–H and O–H groups in total. The molecule has 1 aromatic carbocycles. The van der Waals surface area contributed by atoms with Crippen LogP contribution in [0.5, 0.6) is 11.5 Å². The van der Waals surface area contributed by atoms with E-state index in [1.807, 2.05) is 12.1 Å². The Balaban J connectivity index is 2.01. The molecule has 1 saturated heterocycles. The van der Waals surface area contributed by atoms with E-state index >= 15 is 0 Å². The van der Waals surface area contributed by atoms with Crippen molar-refractivity contribution < 1.29 is 23.7 Å². The number of aliphatic hydroxyl groups is 1. The van der Waals surface area contributed by atoms with Crippen molar-refractivity contribution in [1.82, 2.24) is 0 Å². The van der Waals surface area contributed by atoms with E-state index in [1.165, 1.54) is 0 Å². The summed E-state index contributed by atoms with van der Waals surface area (Å²) in [5.41, 5.74) is 0.252. The minimum absolute atomic E-state index is 0.0552. The van der Waals surface area contributed by atoms with Gasteiger partial charge in [-0.3, -0.25) is 0 Å². The fourth-order valence-corrected chi connectivity index (χ4v) is 4.29. The predicted octanol–water partition coefficient (Wildman–Crippen LogP) is 4.00. The van der Waals surface area contributed by atoms with E-state index in [2.05, 4.69) is 49.8 Å². The molecule has 1 fully saturated rings. The van der Waals surface area contributed by atoms with Gasteiger partial charge < -0.3 is 23.7 Å². The lowest BCUT2D eigenvalue weighted by atomic mass is 9.96.